The SMILES string of the molecule is CC1CC(=O)NC(C)(C)C(=O)N1Cc1ccc(Cl)s1. The molecule has 0 aromatic carbocycles. The zero-order chi connectivity index (χ0) is 14.2. The highest BCUT2D eigenvalue weighted by Crippen LogP contribution is 2.26. The molecule has 104 valence electrons. The van der Waals surface area contributed by atoms with Gasteiger partial charge in [0.25, 0.3) is 0 Å². The zero-order valence-electron chi connectivity index (χ0n) is 11.2. The topological polar surface area (TPSA) is 49.4 Å². The van der Waals surface area contributed by atoms with Crippen molar-refractivity contribution in [3.63, 3.8) is 0 Å². The molecule has 4 nitrogen and oxygen atoms in total. The van der Waals surface area contributed by atoms with Crippen molar-refractivity contribution in [1.29, 1.82) is 0 Å². The number of amides is 2. The summed E-state index contributed by atoms with van der Waals surface area (Å²) in [6.07, 6.45) is 0.328. The number of thiophene rings is 1. The molecule has 1 saturated heterocycles. The number of hydrogen-bond acceptors (Lipinski definition) is 3. The van der Waals surface area contributed by atoms with Crippen LogP contribution in [0.25, 0.3) is 0 Å². The van der Waals surface area contributed by atoms with Crippen LogP contribution in [0.5, 0.6) is 0 Å². The standard InChI is InChI=1S/C13H17ClN2O2S/c1-8-6-11(17)15-13(2,3)12(18)16(8)7-9-4-5-10(14)19-9/h4-5,8H,6-7H2,1-3H3,(H,15,17). The Hall–Kier alpha value is -1.07. The van der Waals surface area contributed by atoms with Crippen LogP contribution in [0, 0.1) is 0 Å². The first kappa shape index (κ1) is 14.3. The van der Waals surface area contributed by atoms with Crippen LogP contribution in [0.3, 0.4) is 0 Å². The van der Waals surface area contributed by atoms with Gasteiger partial charge in [0.1, 0.15) is 5.54 Å². The monoisotopic (exact) mass is 300 g/mol. The molecule has 0 spiro atoms. The third-order valence-electron chi connectivity index (χ3n) is 3.22. The first-order valence-electron chi connectivity index (χ1n) is 6.16. The van der Waals surface area contributed by atoms with Gasteiger partial charge in [0.15, 0.2) is 0 Å². The number of rotatable bonds is 2. The Morgan fingerprint density at radius 1 is 1.47 bits per heavy atom. The van der Waals surface area contributed by atoms with Gasteiger partial charge in [-0.15, -0.1) is 11.3 Å². The van der Waals surface area contributed by atoms with Gasteiger partial charge in [0.2, 0.25) is 11.8 Å². The van der Waals surface area contributed by atoms with Crippen LogP contribution in [0.2, 0.25) is 4.34 Å². The minimum Gasteiger partial charge on any atom is -0.342 e. The summed E-state index contributed by atoms with van der Waals surface area (Å²) < 4.78 is 0.707. The van der Waals surface area contributed by atoms with E-state index in [1.165, 1.54) is 11.3 Å². The van der Waals surface area contributed by atoms with Crippen molar-refractivity contribution < 1.29 is 9.59 Å². The van der Waals surface area contributed by atoms with Crippen LogP contribution >= 0.6 is 22.9 Å². The van der Waals surface area contributed by atoms with Crippen LogP contribution in [0.4, 0.5) is 0 Å². The summed E-state index contributed by atoms with van der Waals surface area (Å²) in [5, 5.41) is 2.77. The minimum atomic E-state index is -0.858. The molecule has 19 heavy (non-hydrogen) atoms. The first-order valence-corrected chi connectivity index (χ1v) is 7.35. The van der Waals surface area contributed by atoms with Crippen LogP contribution in [0.1, 0.15) is 32.1 Å². The van der Waals surface area contributed by atoms with Crippen LogP contribution in [-0.4, -0.2) is 28.3 Å². The van der Waals surface area contributed by atoms with Crippen LogP contribution in [-0.2, 0) is 16.1 Å². The fourth-order valence-electron chi connectivity index (χ4n) is 2.22. The summed E-state index contributed by atoms with van der Waals surface area (Å²) in [6.45, 7) is 5.86. The number of nitrogens with zero attached hydrogens (tertiary/aromatic N) is 1. The quantitative estimate of drug-likeness (QED) is 0.912. The third-order valence-corrected chi connectivity index (χ3v) is 4.43. The molecule has 0 bridgehead atoms. The van der Waals surface area contributed by atoms with E-state index in [0.717, 1.165) is 4.88 Å². The Bertz CT molecular complexity index is 512. The molecule has 1 aromatic heterocycles. The molecular formula is C13H17ClN2O2S. The third kappa shape index (κ3) is 3.09. The largest absolute Gasteiger partial charge is 0.342 e. The summed E-state index contributed by atoms with van der Waals surface area (Å²) in [6, 6.07) is 3.62. The molecule has 1 aliphatic rings. The predicted molar refractivity (Wildman–Crippen MR) is 76.2 cm³/mol. The van der Waals surface area contributed by atoms with E-state index in [4.69, 9.17) is 11.6 Å². The molecule has 2 heterocycles. The van der Waals surface area contributed by atoms with Gasteiger partial charge in [-0.3, -0.25) is 9.59 Å². The Morgan fingerprint density at radius 2 is 2.16 bits per heavy atom. The van der Waals surface area contributed by atoms with E-state index < -0.39 is 5.54 Å². The summed E-state index contributed by atoms with van der Waals surface area (Å²) in [7, 11) is 0. The maximum Gasteiger partial charge on any atom is 0.248 e. The summed E-state index contributed by atoms with van der Waals surface area (Å²) in [5.41, 5.74) is -0.858. The fourth-order valence-corrected chi connectivity index (χ4v) is 3.31. The second kappa shape index (κ2) is 5.13. The summed E-state index contributed by atoms with van der Waals surface area (Å²) in [5.74, 6) is -0.145. The summed E-state index contributed by atoms with van der Waals surface area (Å²) >= 11 is 7.37. The summed E-state index contributed by atoms with van der Waals surface area (Å²) in [4.78, 5) is 27.0. The molecule has 1 unspecified atom stereocenters. The van der Waals surface area contributed by atoms with Crippen molar-refractivity contribution in [3.05, 3.63) is 21.3 Å². The molecule has 0 aliphatic carbocycles. The highest BCUT2D eigenvalue weighted by Gasteiger charge is 2.39. The molecule has 1 aromatic rings. The maximum atomic E-state index is 12.5. The molecule has 0 saturated carbocycles. The van der Waals surface area contributed by atoms with E-state index in [1.807, 2.05) is 19.1 Å². The van der Waals surface area contributed by atoms with E-state index in [-0.39, 0.29) is 17.9 Å². The van der Waals surface area contributed by atoms with E-state index >= 15 is 0 Å². The number of nitrogens with one attached hydrogen (secondary N) is 1. The zero-order valence-corrected chi connectivity index (χ0v) is 12.8. The smallest absolute Gasteiger partial charge is 0.248 e. The predicted octanol–water partition coefficient (Wildman–Crippen LogP) is 2.42. The lowest BCUT2D eigenvalue weighted by Crippen LogP contribution is -2.53. The van der Waals surface area contributed by atoms with E-state index in [1.54, 1.807) is 18.7 Å². The van der Waals surface area contributed by atoms with Gasteiger partial charge in [-0.25, -0.2) is 0 Å². The normalized spacial score (nSPS) is 23.2. The maximum absolute atomic E-state index is 12.5. The van der Waals surface area contributed by atoms with Gasteiger partial charge < -0.3 is 10.2 Å². The molecule has 1 atom stereocenters. The molecule has 2 amide bonds. The molecule has 1 N–H and O–H groups in total. The first-order chi connectivity index (χ1) is 8.79. The van der Waals surface area contributed by atoms with Gasteiger partial charge in [-0.2, -0.15) is 0 Å². The average Bonchev–Trinajstić information content (AvgIpc) is 2.66. The van der Waals surface area contributed by atoms with Crippen molar-refractivity contribution >= 4 is 34.8 Å². The van der Waals surface area contributed by atoms with Crippen molar-refractivity contribution in [2.24, 2.45) is 0 Å². The van der Waals surface area contributed by atoms with Crippen molar-refractivity contribution in [3.8, 4) is 0 Å². The Kier molecular flexibility index (Phi) is 3.87. The van der Waals surface area contributed by atoms with Crippen molar-refractivity contribution in [2.45, 2.75) is 45.3 Å². The second-order valence-corrected chi connectivity index (χ2v) is 7.16. The fraction of sp³-hybridized carbons (Fsp3) is 0.538. The Morgan fingerprint density at radius 3 is 2.74 bits per heavy atom. The van der Waals surface area contributed by atoms with Crippen molar-refractivity contribution in [2.75, 3.05) is 0 Å². The van der Waals surface area contributed by atoms with Gasteiger partial charge in [0, 0.05) is 17.3 Å². The van der Waals surface area contributed by atoms with E-state index in [2.05, 4.69) is 5.32 Å². The molecule has 1 aliphatic heterocycles. The molecular weight excluding hydrogens is 284 g/mol. The number of carbonyl (C=O) groups is 2. The van der Waals surface area contributed by atoms with Crippen LogP contribution < -0.4 is 5.32 Å². The lowest BCUT2D eigenvalue weighted by Gasteiger charge is -2.31. The Balaban J connectivity index is 2.25. The van der Waals surface area contributed by atoms with Gasteiger partial charge in [0.05, 0.1) is 10.9 Å². The minimum absolute atomic E-state index is 0.0598. The van der Waals surface area contributed by atoms with Gasteiger partial charge in [-0.1, -0.05) is 11.6 Å². The average molecular weight is 301 g/mol. The molecule has 1 fully saturated rings. The lowest BCUT2D eigenvalue weighted by molar-refractivity contribution is -0.139. The Labute approximate surface area is 121 Å². The number of halogens is 1. The molecule has 2 rings (SSSR count). The highest BCUT2D eigenvalue weighted by atomic mass is 35.5. The van der Waals surface area contributed by atoms with Gasteiger partial charge >= 0.3 is 0 Å². The molecule has 6 heteroatoms. The lowest BCUT2D eigenvalue weighted by atomic mass is 10.0. The highest BCUT2D eigenvalue weighted by molar-refractivity contribution is 7.16. The molecule has 0 radical (unpaired) electrons. The second-order valence-electron chi connectivity index (χ2n) is 5.37. The number of carbonyl (C=O) groups excluding carboxylic acids is 2. The number of hydrogen-bond donors (Lipinski definition) is 1. The van der Waals surface area contributed by atoms with E-state index in [0.29, 0.717) is 17.3 Å². The van der Waals surface area contributed by atoms with Crippen molar-refractivity contribution in [1.82, 2.24) is 10.2 Å². The van der Waals surface area contributed by atoms with E-state index in [9.17, 15) is 9.59 Å². The van der Waals surface area contributed by atoms with Crippen LogP contribution in [0.15, 0.2) is 12.1 Å². The van der Waals surface area contributed by atoms with Gasteiger partial charge in [-0.05, 0) is 32.9 Å².